The maximum atomic E-state index is 13.2. The SMILES string of the molecule is O=C(C[n+]1c(Cc2ccccc2)n(CCN2CCOCC2)c2ccccc21)c1ccccc1. The molecule has 0 amide bonds. The minimum atomic E-state index is 0.131. The fourth-order valence-electron chi connectivity index (χ4n) is 4.66. The quantitative estimate of drug-likeness (QED) is 0.310. The molecule has 0 atom stereocenters. The lowest BCUT2D eigenvalue weighted by Crippen LogP contribution is -2.42. The highest BCUT2D eigenvalue weighted by Crippen LogP contribution is 2.18. The van der Waals surface area contributed by atoms with Crippen LogP contribution in [0.1, 0.15) is 21.7 Å². The highest BCUT2D eigenvalue weighted by Gasteiger charge is 2.27. The summed E-state index contributed by atoms with van der Waals surface area (Å²) in [6, 6.07) is 28.6. The Balaban J connectivity index is 1.54. The molecule has 33 heavy (non-hydrogen) atoms. The number of carbonyl (C=O) groups is 1. The molecule has 3 aromatic carbocycles. The molecule has 1 aromatic heterocycles. The van der Waals surface area contributed by atoms with Crippen LogP contribution >= 0.6 is 0 Å². The predicted molar refractivity (Wildman–Crippen MR) is 129 cm³/mol. The van der Waals surface area contributed by atoms with Gasteiger partial charge in [-0.15, -0.1) is 0 Å². The summed E-state index contributed by atoms with van der Waals surface area (Å²) in [5.74, 6) is 1.30. The summed E-state index contributed by atoms with van der Waals surface area (Å²) in [5, 5.41) is 0. The Hall–Kier alpha value is -3.28. The number of hydrogen-bond donors (Lipinski definition) is 0. The van der Waals surface area contributed by atoms with Gasteiger partial charge in [-0.2, -0.15) is 0 Å². The van der Waals surface area contributed by atoms with Gasteiger partial charge in [0.1, 0.15) is 6.54 Å². The van der Waals surface area contributed by atoms with E-state index in [0.29, 0.717) is 6.54 Å². The number of fused-ring (bicyclic) bond motifs is 1. The number of ether oxygens (including phenoxy) is 1. The minimum Gasteiger partial charge on any atom is -0.379 e. The molecule has 1 aliphatic rings. The molecule has 1 saturated heterocycles. The van der Waals surface area contributed by atoms with Crippen LogP contribution < -0.4 is 4.57 Å². The zero-order valence-electron chi connectivity index (χ0n) is 18.9. The van der Waals surface area contributed by atoms with Gasteiger partial charge in [-0.05, 0) is 17.7 Å². The Labute approximate surface area is 194 Å². The van der Waals surface area contributed by atoms with Gasteiger partial charge in [0.2, 0.25) is 5.78 Å². The number of Topliss-reactive ketones (excluding diaryl/α,β-unsaturated/α-hetero) is 1. The molecule has 1 fully saturated rings. The summed E-state index contributed by atoms with van der Waals surface area (Å²) >= 11 is 0. The molecule has 0 N–H and O–H groups in total. The molecular formula is C28H30N3O2+. The molecule has 0 saturated carbocycles. The van der Waals surface area contributed by atoms with Crippen LogP contribution in [0.4, 0.5) is 0 Å². The Morgan fingerprint density at radius 2 is 1.48 bits per heavy atom. The van der Waals surface area contributed by atoms with Crippen LogP contribution in [-0.4, -0.2) is 48.1 Å². The van der Waals surface area contributed by atoms with Gasteiger partial charge < -0.3 is 4.74 Å². The highest BCUT2D eigenvalue weighted by molar-refractivity contribution is 5.95. The summed E-state index contributed by atoms with van der Waals surface area (Å²) in [7, 11) is 0. The molecule has 5 rings (SSSR count). The number of para-hydroxylation sites is 2. The van der Waals surface area contributed by atoms with E-state index in [1.54, 1.807) is 0 Å². The Morgan fingerprint density at radius 1 is 0.818 bits per heavy atom. The van der Waals surface area contributed by atoms with Gasteiger partial charge in [-0.25, -0.2) is 9.13 Å². The van der Waals surface area contributed by atoms with Crippen molar-refractivity contribution in [2.24, 2.45) is 0 Å². The van der Waals surface area contributed by atoms with E-state index in [1.807, 2.05) is 36.4 Å². The van der Waals surface area contributed by atoms with Crippen LogP contribution in [0.3, 0.4) is 0 Å². The second-order valence-electron chi connectivity index (χ2n) is 8.55. The number of imidazole rings is 1. The molecule has 0 unspecified atom stereocenters. The number of aromatic nitrogens is 2. The number of carbonyl (C=O) groups excluding carboxylic acids is 1. The summed E-state index contributed by atoms with van der Waals surface area (Å²) < 4.78 is 10.2. The third-order valence-electron chi connectivity index (χ3n) is 6.43. The molecule has 2 heterocycles. The van der Waals surface area contributed by atoms with E-state index in [9.17, 15) is 4.79 Å². The molecule has 1 aliphatic heterocycles. The molecule has 168 valence electrons. The fourth-order valence-corrected chi connectivity index (χ4v) is 4.66. The lowest BCUT2D eigenvalue weighted by molar-refractivity contribution is -0.665. The Bertz CT molecular complexity index is 1210. The Morgan fingerprint density at radius 3 is 2.24 bits per heavy atom. The van der Waals surface area contributed by atoms with Gasteiger partial charge in [-0.1, -0.05) is 72.8 Å². The Kier molecular flexibility index (Phi) is 6.61. The normalized spacial score (nSPS) is 14.5. The minimum absolute atomic E-state index is 0.131. The molecule has 5 heteroatoms. The van der Waals surface area contributed by atoms with Gasteiger partial charge in [0, 0.05) is 25.2 Å². The summed E-state index contributed by atoms with van der Waals surface area (Å²) in [6.07, 6.45) is 0.778. The predicted octanol–water partition coefficient (Wildman–Crippen LogP) is 3.73. The first-order chi connectivity index (χ1) is 16.3. The maximum Gasteiger partial charge on any atom is 0.262 e. The second-order valence-corrected chi connectivity index (χ2v) is 8.55. The first-order valence-electron chi connectivity index (χ1n) is 11.7. The van der Waals surface area contributed by atoms with E-state index >= 15 is 0 Å². The van der Waals surface area contributed by atoms with Crippen LogP contribution in [-0.2, 0) is 24.2 Å². The third-order valence-corrected chi connectivity index (χ3v) is 6.43. The number of ketones is 1. The molecule has 0 aliphatic carbocycles. The third kappa shape index (κ3) is 4.90. The number of hydrogen-bond acceptors (Lipinski definition) is 3. The van der Waals surface area contributed by atoms with Gasteiger partial charge in [0.25, 0.3) is 5.82 Å². The van der Waals surface area contributed by atoms with Gasteiger partial charge >= 0.3 is 0 Å². The maximum absolute atomic E-state index is 13.2. The molecular weight excluding hydrogens is 410 g/mol. The average Bonchev–Trinajstić information content (AvgIpc) is 3.16. The topological polar surface area (TPSA) is 38.3 Å². The van der Waals surface area contributed by atoms with E-state index in [-0.39, 0.29) is 5.78 Å². The molecule has 0 bridgehead atoms. The van der Waals surface area contributed by atoms with Crippen molar-refractivity contribution in [3.05, 3.63) is 102 Å². The largest absolute Gasteiger partial charge is 0.379 e. The number of benzene rings is 3. The molecule has 0 radical (unpaired) electrons. The van der Waals surface area contributed by atoms with Gasteiger partial charge in [0.05, 0.1) is 19.6 Å². The van der Waals surface area contributed by atoms with E-state index in [4.69, 9.17) is 4.74 Å². The van der Waals surface area contributed by atoms with E-state index in [2.05, 4.69) is 62.6 Å². The zero-order chi connectivity index (χ0) is 22.5. The zero-order valence-corrected chi connectivity index (χ0v) is 18.9. The van der Waals surface area contributed by atoms with Crippen molar-refractivity contribution >= 4 is 16.8 Å². The smallest absolute Gasteiger partial charge is 0.262 e. The number of nitrogens with zero attached hydrogens (tertiary/aromatic N) is 3. The van der Waals surface area contributed by atoms with Crippen molar-refractivity contribution < 1.29 is 14.1 Å². The van der Waals surface area contributed by atoms with Gasteiger partial charge in [0.15, 0.2) is 17.6 Å². The van der Waals surface area contributed by atoms with Crippen molar-refractivity contribution in [3.63, 3.8) is 0 Å². The first-order valence-corrected chi connectivity index (χ1v) is 11.7. The van der Waals surface area contributed by atoms with Crippen molar-refractivity contribution in [3.8, 4) is 0 Å². The summed E-state index contributed by atoms with van der Waals surface area (Å²) in [5.41, 5.74) is 4.28. The second kappa shape index (κ2) is 10.1. The van der Waals surface area contributed by atoms with Crippen LogP contribution in [0.25, 0.3) is 11.0 Å². The van der Waals surface area contributed by atoms with Gasteiger partial charge in [-0.3, -0.25) is 9.69 Å². The van der Waals surface area contributed by atoms with Crippen molar-refractivity contribution in [2.45, 2.75) is 19.5 Å². The first kappa shape index (κ1) is 21.6. The summed E-state index contributed by atoms with van der Waals surface area (Å²) in [4.78, 5) is 15.7. The lowest BCUT2D eigenvalue weighted by atomic mass is 10.1. The number of morpholine rings is 1. The van der Waals surface area contributed by atoms with Crippen LogP contribution in [0, 0.1) is 0 Å². The van der Waals surface area contributed by atoms with Crippen molar-refractivity contribution in [1.29, 1.82) is 0 Å². The van der Waals surface area contributed by atoms with Crippen LogP contribution in [0.2, 0.25) is 0 Å². The molecule has 4 aromatic rings. The molecule has 0 spiro atoms. The summed E-state index contributed by atoms with van der Waals surface area (Å²) in [6.45, 7) is 5.73. The van der Waals surface area contributed by atoms with Crippen LogP contribution in [0.15, 0.2) is 84.9 Å². The number of rotatable bonds is 8. The average molecular weight is 441 g/mol. The van der Waals surface area contributed by atoms with E-state index in [1.165, 1.54) is 16.9 Å². The van der Waals surface area contributed by atoms with Crippen molar-refractivity contribution in [2.75, 3.05) is 32.8 Å². The highest BCUT2D eigenvalue weighted by atomic mass is 16.5. The molecule has 5 nitrogen and oxygen atoms in total. The van der Waals surface area contributed by atoms with E-state index < -0.39 is 0 Å². The van der Waals surface area contributed by atoms with Crippen LogP contribution in [0.5, 0.6) is 0 Å². The monoisotopic (exact) mass is 440 g/mol. The van der Waals surface area contributed by atoms with Crippen molar-refractivity contribution in [1.82, 2.24) is 9.47 Å². The van der Waals surface area contributed by atoms with E-state index in [0.717, 1.165) is 56.9 Å². The fraction of sp³-hybridized carbons (Fsp3) is 0.286. The lowest BCUT2D eigenvalue weighted by Gasteiger charge is -2.25. The standard InChI is InChI=1S/C28H30N3O2/c32-27(24-11-5-2-6-12-24)22-31-26-14-8-7-13-25(26)30(16-15-29-17-19-33-20-18-29)28(31)21-23-9-3-1-4-10-23/h1-14H,15-22H2/q+1.